The molecule has 2 rings (SSSR count). The zero-order valence-corrected chi connectivity index (χ0v) is 9.82. The maximum atomic E-state index is 5.63. The quantitative estimate of drug-likeness (QED) is 0.809. The number of aromatic nitrogens is 1. The molecule has 1 aliphatic rings. The average Bonchev–Trinajstić information content (AvgIpc) is 2.27. The number of hydrogen-bond donors (Lipinski definition) is 2. The van der Waals surface area contributed by atoms with E-state index >= 15 is 0 Å². The van der Waals surface area contributed by atoms with Gasteiger partial charge in [0.25, 0.3) is 0 Å². The van der Waals surface area contributed by atoms with Gasteiger partial charge in [-0.15, -0.1) is 0 Å². The minimum atomic E-state index is 0.575. The van der Waals surface area contributed by atoms with Gasteiger partial charge in [-0.2, -0.15) is 0 Å². The highest BCUT2D eigenvalue weighted by Crippen LogP contribution is 2.16. The van der Waals surface area contributed by atoms with Gasteiger partial charge in [-0.25, -0.2) is 4.98 Å². The predicted octanol–water partition coefficient (Wildman–Crippen LogP) is 1.42. The van der Waals surface area contributed by atoms with E-state index in [1.165, 1.54) is 25.9 Å². The number of rotatable bonds is 3. The van der Waals surface area contributed by atoms with Crippen LogP contribution in [0.2, 0.25) is 0 Å². The van der Waals surface area contributed by atoms with E-state index in [9.17, 15) is 0 Å². The van der Waals surface area contributed by atoms with E-state index in [0.29, 0.717) is 5.82 Å². The Hall–Kier alpha value is -1.29. The van der Waals surface area contributed by atoms with E-state index in [1.807, 2.05) is 12.1 Å². The van der Waals surface area contributed by atoms with Crippen molar-refractivity contribution in [3.05, 3.63) is 18.3 Å². The molecule has 2 heterocycles. The Kier molecular flexibility index (Phi) is 3.62. The van der Waals surface area contributed by atoms with Crippen molar-refractivity contribution in [3.8, 4) is 0 Å². The van der Waals surface area contributed by atoms with Gasteiger partial charge < -0.3 is 16.0 Å². The van der Waals surface area contributed by atoms with Gasteiger partial charge in [-0.05, 0) is 38.4 Å². The summed E-state index contributed by atoms with van der Waals surface area (Å²) in [6, 6.07) is 3.84. The molecule has 0 spiro atoms. The van der Waals surface area contributed by atoms with E-state index in [4.69, 9.17) is 5.73 Å². The molecular weight excluding hydrogens is 200 g/mol. The van der Waals surface area contributed by atoms with Crippen LogP contribution in [0.4, 0.5) is 11.5 Å². The van der Waals surface area contributed by atoms with Crippen LogP contribution in [-0.2, 0) is 0 Å². The first-order valence-corrected chi connectivity index (χ1v) is 5.88. The van der Waals surface area contributed by atoms with Crippen LogP contribution in [0.25, 0.3) is 0 Å². The molecule has 0 bridgehead atoms. The first kappa shape index (κ1) is 11.2. The molecular formula is C12H20N4. The highest BCUT2D eigenvalue weighted by Gasteiger charge is 2.16. The van der Waals surface area contributed by atoms with Crippen LogP contribution in [0, 0.1) is 5.92 Å². The zero-order valence-electron chi connectivity index (χ0n) is 9.82. The SMILES string of the molecule is CN1CCCC(CNc2ccnc(N)c2)C1. The van der Waals surface area contributed by atoms with Crippen molar-refractivity contribution in [3.63, 3.8) is 0 Å². The van der Waals surface area contributed by atoms with Crippen molar-refractivity contribution in [2.75, 3.05) is 37.7 Å². The molecule has 16 heavy (non-hydrogen) atoms. The van der Waals surface area contributed by atoms with Gasteiger partial charge in [0.2, 0.25) is 0 Å². The average molecular weight is 220 g/mol. The summed E-state index contributed by atoms with van der Waals surface area (Å²) in [5.74, 6) is 1.32. The maximum absolute atomic E-state index is 5.63. The molecule has 1 saturated heterocycles. The Balaban J connectivity index is 1.82. The molecule has 1 atom stereocenters. The number of piperidine rings is 1. The summed E-state index contributed by atoms with van der Waals surface area (Å²) < 4.78 is 0. The van der Waals surface area contributed by atoms with Crippen molar-refractivity contribution < 1.29 is 0 Å². The molecule has 0 saturated carbocycles. The van der Waals surface area contributed by atoms with Gasteiger partial charge in [0.05, 0.1) is 0 Å². The fourth-order valence-electron chi connectivity index (χ4n) is 2.26. The highest BCUT2D eigenvalue weighted by molar-refractivity contribution is 5.49. The van der Waals surface area contributed by atoms with Crippen LogP contribution >= 0.6 is 0 Å². The molecule has 1 unspecified atom stereocenters. The van der Waals surface area contributed by atoms with E-state index in [0.717, 1.165) is 18.2 Å². The topological polar surface area (TPSA) is 54.2 Å². The lowest BCUT2D eigenvalue weighted by Crippen LogP contribution is -2.35. The molecule has 0 radical (unpaired) electrons. The van der Waals surface area contributed by atoms with Crippen molar-refractivity contribution >= 4 is 11.5 Å². The lowest BCUT2D eigenvalue weighted by Gasteiger charge is -2.29. The third kappa shape index (κ3) is 3.10. The fourth-order valence-corrected chi connectivity index (χ4v) is 2.26. The summed E-state index contributed by atoms with van der Waals surface area (Å²) in [4.78, 5) is 6.38. The monoisotopic (exact) mass is 220 g/mol. The third-order valence-corrected chi connectivity index (χ3v) is 3.10. The van der Waals surface area contributed by atoms with Crippen LogP contribution in [-0.4, -0.2) is 36.6 Å². The van der Waals surface area contributed by atoms with Crippen LogP contribution in [0.15, 0.2) is 18.3 Å². The minimum Gasteiger partial charge on any atom is -0.385 e. The second-order valence-corrected chi connectivity index (χ2v) is 4.62. The number of nitrogens with one attached hydrogen (secondary N) is 1. The van der Waals surface area contributed by atoms with Crippen molar-refractivity contribution in [1.29, 1.82) is 0 Å². The summed E-state index contributed by atoms with van der Waals surface area (Å²) in [7, 11) is 2.19. The minimum absolute atomic E-state index is 0.575. The third-order valence-electron chi connectivity index (χ3n) is 3.10. The Labute approximate surface area is 96.8 Å². The molecule has 1 fully saturated rings. The van der Waals surface area contributed by atoms with Gasteiger partial charge in [-0.3, -0.25) is 0 Å². The van der Waals surface area contributed by atoms with Gasteiger partial charge in [-0.1, -0.05) is 0 Å². The van der Waals surface area contributed by atoms with E-state index in [-0.39, 0.29) is 0 Å². The van der Waals surface area contributed by atoms with Crippen LogP contribution in [0.1, 0.15) is 12.8 Å². The van der Waals surface area contributed by atoms with Gasteiger partial charge in [0.1, 0.15) is 5.82 Å². The van der Waals surface area contributed by atoms with Crippen LogP contribution in [0.3, 0.4) is 0 Å². The van der Waals surface area contributed by atoms with E-state index in [1.54, 1.807) is 6.20 Å². The van der Waals surface area contributed by atoms with Crippen molar-refractivity contribution in [1.82, 2.24) is 9.88 Å². The Morgan fingerprint density at radius 2 is 2.50 bits per heavy atom. The smallest absolute Gasteiger partial charge is 0.125 e. The number of nitrogen functional groups attached to an aromatic ring is 1. The van der Waals surface area contributed by atoms with Crippen LogP contribution < -0.4 is 11.1 Å². The number of hydrogen-bond acceptors (Lipinski definition) is 4. The maximum Gasteiger partial charge on any atom is 0.125 e. The Bertz CT molecular complexity index is 340. The standard InChI is InChI=1S/C12H20N4/c1-16-6-2-3-10(9-16)8-15-11-4-5-14-12(13)7-11/h4-5,7,10H,2-3,6,8-9H2,1H3,(H3,13,14,15). The Morgan fingerprint density at radius 1 is 1.62 bits per heavy atom. The summed E-state index contributed by atoms with van der Waals surface area (Å²) in [5.41, 5.74) is 6.70. The number of nitrogens with zero attached hydrogens (tertiary/aromatic N) is 2. The lowest BCUT2D eigenvalue weighted by atomic mass is 9.98. The number of nitrogens with two attached hydrogens (primary N) is 1. The molecule has 3 N–H and O–H groups in total. The molecule has 0 aromatic carbocycles. The molecule has 4 nitrogen and oxygen atoms in total. The molecule has 1 aromatic heterocycles. The van der Waals surface area contributed by atoms with E-state index < -0.39 is 0 Å². The number of likely N-dealkylation sites (tertiary alicyclic amines) is 1. The molecule has 0 aliphatic carbocycles. The lowest BCUT2D eigenvalue weighted by molar-refractivity contribution is 0.217. The normalized spacial score (nSPS) is 21.9. The first-order chi connectivity index (χ1) is 7.74. The molecule has 1 aromatic rings. The summed E-state index contributed by atoms with van der Waals surface area (Å²) in [5, 5.41) is 3.43. The van der Waals surface area contributed by atoms with E-state index in [2.05, 4.69) is 22.2 Å². The predicted molar refractivity (Wildman–Crippen MR) is 67.4 cm³/mol. The summed E-state index contributed by atoms with van der Waals surface area (Å²) in [6.45, 7) is 3.44. The molecule has 88 valence electrons. The first-order valence-electron chi connectivity index (χ1n) is 5.88. The summed E-state index contributed by atoms with van der Waals surface area (Å²) >= 11 is 0. The van der Waals surface area contributed by atoms with Crippen LogP contribution in [0.5, 0.6) is 0 Å². The van der Waals surface area contributed by atoms with Crippen molar-refractivity contribution in [2.45, 2.75) is 12.8 Å². The molecule has 4 heteroatoms. The fraction of sp³-hybridized carbons (Fsp3) is 0.583. The highest BCUT2D eigenvalue weighted by atomic mass is 15.1. The van der Waals surface area contributed by atoms with Gasteiger partial charge in [0, 0.05) is 31.0 Å². The molecule has 0 amide bonds. The largest absolute Gasteiger partial charge is 0.385 e. The van der Waals surface area contributed by atoms with Gasteiger partial charge in [0.15, 0.2) is 0 Å². The van der Waals surface area contributed by atoms with Gasteiger partial charge >= 0.3 is 0 Å². The Morgan fingerprint density at radius 3 is 3.25 bits per heavy atom. The molecule has 1 aliphatic heterocycles. The zero-order chi connectivity index (χ0) is 11.4. The number of pyridine rings is 1. The second-order valence-electron chi connectivity index (χ2n) is 4.62. The second kappa shape index (κ2) is 5.16. The summed E-state index contributed by atoms with van der Waals surface area (Å²) in [6.07, 6.45) is 4.36. The van der Waals surface area contributed by atoms with Crippen molar-refractivity contribution in [2.24, 2.45) is 5.92 Å². The number of anilines is 2.